The van der Waals surface area contributed by atoms with Crippen molar-refractivity contribution >= 4 is 0 Å². The molecule has 2 nitrogen and oxygen atoms in total. The molecule has 0 aliphatic carbocycles. The Morgan fingerprint density at radius 2 is 1.79 bits per heavy atom. The van der Waals surface area contributed by atoms with E-state index in [1.165, 1.54) is 0 Å². The highest BCUT2D eigenvalue weighted by Gasteiger charge is 2.17. The second-order valence-electron chi connectivity index (χ2n) is 4.63. The summed E-state index contributed by atoms with van der Waals surface area (Å²) in [6, 6.07) is 0. The Hall–Kier alpha value is -0.520. The van der Waals surface area contributed by atoms with Gasteiger partial charge in [0.15, 0.2) is 6.10 Å². The molecule has 2 heteroatoms. The van der Waals surface area contributed by atoms with Crippen LogP contribution in [-0.2, 0) is 9.78 Å². The Bertz CT molecular complexity index is 203. The first-order valence-electron chi connectivity index (χ1n) is 5.19. The molecule has 0 amide bonds. The Balaban J connectivity index is 4.11. The standard InChI is InChI=1S/C12H22O2/c1-7-8-9-11(10(2)3)13-14-12(4,5)6/h10-11H,7H2,1-6H3. The van der Waals surface area contributed by atoms with Crippen LogP contribution in [0.15, 0.2) is 0 Å². The van der Waals surface area contributed by atoms with Crippen molar-refractivity contribution in [1.82, 2.24) is 0 Å². The first-order valence-corrected chi connectivity index (χ1v) is 5.19. The van der Waals surface area contributed by atoms with Gasteiger partial charge in [0.25, 0.3) is 0 Å². The third kappa shape index (κ3) is 6.94. The van der Waals surface area contributed by atoms with Gasteiger partial charge in [-0.2, -0.15) is 0 Å². The number of hydrogen-bond donors (Lipinski definition) is 0. The molecule has 0 aliphatic heterocycles. The van der Waals surface area contributed by atoms with Crippen LogP contribution < -0.4 is 0 Å². The van der Waals surface area contributed by atoms with Crippen molar-refractivity contribution < 1.29 is 9.78 Å². The number of hydrogen-bond acceptors (Lipinski definition) is 2. The van der Waals surface area contributed by atoms with Gasteiger partial charge in [-0.15, -0.1) is 5.92 Å². The molecule has 0 saturated heterocycles. The van der Waals surface area contributed by atoms with Crippen molar-refractivity contribution in [3.05, 3.63) is 0 Å². The minimum absolute atomic E-state index is 0.130. The molecule has 1 unspecified atom stereocenters. The Kier molecular flexibility index (Phi) is 5.83. The van der Waals surface area contributed by atoms with Gasteiger partial charge in [0.05, 0.1) is 5.60 Å². The van der Waals surface area contributed by atoms with Crippen molar-refractivity contribution in [3.8, 4) is 11.8 Å². The van der Waals surface area contributed by atoms with Crippen molar-refractivity contribution in [2.75, 3.05) is 0 Å². The summed E-state index contributed by atoms with van der Waals surface area (Å²) in [5.41, 5.74) is -0.277. The van der Waals surface area contributed by atoms with Crippen molar-refractivity contribution in [2.45, 2.75) is 59.7 Å². The van der Waals surface area contributed by atoms with Gasteiger partial charge < -0.3 is 0 Å². The summed E-state index contributed by atoms with van der Waals surface area (Å²) in [6.07, 6.45) is 0.719. The molecule has 0 radical (unpaired) electrons. The fourth-order valence-corrected chi connectivity index (χ4v) is 0.701. The second-order valence-corrected chi connectivity index (χ2v) is 4.63. The monoisotopic (exact) mass is 198 g/mol. The zero-order valence-electron chi connectivity index (χ0n) is 10.2. The molecule has 14 heavy (non-hydrogen) atoms. The van der Waals surface area contributed by atoms with Crippen LogP contribution in [0.4, 0.5) is 0 Å². The smallest absolute Gasteiger partial charge is 0.155 e. The van der Waals surface area contributed by atoms with E-state index in [0.717, 1.165) is 6.42 Å². The van der Waals surface area contributed by atoms with Crippen molar-refractivity contribution in [1.29, 1.82) is 0 Å². The lowest BCUT2D eigenvalue weighted by Crippen LogP contribution is -2.26. The average molecular weight is 198 g/mol. The Morgan fingerprint density at radius 1 is 1.21 bits per heavy atom. The highest BCUT2D eigenvalue weighted by Crippen LogP contribution is 2.13. The van der Waals surface area contributed by atoms with Crippen LogP contribution in [0.3, 0.4) is 0 Å². The van der Waals surface area contributed by atoms with Crippen LogP contribution in [-0.4, -0.2) is 11.7 Å². The predicted molar refractivity (Wildman–Crippen MR) is 58.6 cm³/mol. The topological polar surface area (TPSA) is 18.5 Å². The van der Waals surface area contributed by atoms with Gasteiger partial charge in [-0.25, -0.2) is 9.78 Å². The molecule has 0 aromatic heterocycles. The summed E-state index contributed by atoms with van der Waals surface area (Å²) >= 11 is 0. The first-order chi connectivity index (χ1) is 6.37. The molecule has 0 saturated carbocycles. The largest absolute Gasteiger partial charge is 0.230 e. The molecule has 1 atom stereocenters. The van der Waals surface area contributed by atoms with E-state index in [0.29, 0.717) is 5.92 Å². The van der Waals surface area contributed by atoms with Gasteiger partial charge in [-0.1, -0.05) is 26.7 Å². The van der Waals surface area contributed by atoms with Gasteiger partial charge in [0.1, 0.15) is 0 Å². The minimum Gasteiger partial charge on any atom is -0.230 e. The lowest BCUT2D eigenvalue weighted by molar-refractivity contribution is -0.368. The summed E-state index contributed by atoms with van der Waals surface area (Å²) in [7, 11) is 0. The highest BCUT2D eigenvalue weighted by atomic mass is 17.2. The van der Waals surface area contributed by atoms with Crippen LogP contribution in [0, 0.1) is 17.8 Å². The van der Waals surface area contributed by atoms with Gasteiger partial charge in [0, 0.05) is 6.42 Å². The molecule has 0 aromatic rings. The van der Waals surface area contributed by atoms with E-state index < -0.39 is 0 Å². The third-order valence-corrected chi connectivity index (χ3v) is 1.43. The van der Waals surface area contributed by atoms with Gasteiger partial charge in [-0.05, 0) is 26.7 Å². The lowest BCUT2D eigenvalue weighted by atomic mass is 10.1. The highest BCUT2D eigenvalue weighted by molar-refractivity contribution is 5.05. The van der Waals surface area contributed by atoms with Gasteiger partial charge in [-0.3, -0.25) is 0 Å². The zero-order valence-corrected chi connectivity index (χ0v) is 10.2. The minimum atomic E-state index is -0.277. The van der Waals surface area contributed by atoms with E-state index in [4.69, 9.17) is 9.78 Å². The molecule has 0 aromatic carbocycles. The van der Waals surface area contributed by atoms with Crippen LogP contribution in [0.1, 0.15) is 48.0 Å². The molecule has 0 spiro atoms. The van der Waals surface area contributed by atoms with E-state index in [1.54, 1.807) is 0 Å². The molecular weight excluding hydrogens is 176 g/mol. The Labute approximate surface area is 87.9 Å². The summed E-state index contributed by atoms with van der Waals surface area (Å²) in [4.78, 5) is 10.5. The molecular formula is C12H22O2. The molecule has 0 rings (SSSR count). The first kappa shape index (κ1) is 13.5. The quantitative estimate of drug-likeness (QED) is 0.394. The fourth-order valence-electron chi connectivity index (χ4n) is 0.701. The lowest BCUT2D eigenvalue weighted by Gasteiger charge is -2.22. The summed E-state index contributed by atoms with van der Waals surface area (Å²) in [5.74, 6) is 6.40. The summed E-state index contributed by atoms with van der Waals surface area (Å²) in [6.45, 7) is 12.0. The van der Waals surface area contributed by atoms with E-state index in [-0.39, 0.29) is 11.7 Å². The molecule has 82 valence electrons. The van der Waals surface area contributed by atoms with E-state index in [9.17, 15) is 0 Å². The summed E-state index contributed by atoms with van der Waals surface area (Å²) in [5, 5.41) is 0. The SMILES string of the molecule is CCC#CC(OOC(C)(C)C)C(C)C. The van der Waals surface area contributed by atoms with Crippen LogP contribution >= 0.6 is 0 Å². The predicted octanol–water partition coefficient (Wildman–Crippen LogP) is 3.17. The maximum atomic E-state index is 5.30. The molecule has 0 N–H and O–H groups in total. The van der Waals surface area contributed by atoms with E-state index in [1.807, 2.05) is 27.7 Å². The van der Waals surface area contributed by atoms with E-state index in [2.05, 4.69) is 25.7 Å². The van der Waals surface area contributed by atoms with Crippen LogP contribution in [0.25, 0.3) is 0 Å². The molecule has 0 aliphatic rings. The van der Waals surface area contributed by atoms with Crippen molar-refractivity contribution in [3.63, 3.8) is 0 Å². The molecule has 0 bridgehead atoms. The van der Waals surface area contributed by atoms with Gasteiger partial charge in [0.2, 0.25) is 0 Å². The summed E-state index contributed by atoms with van der Waals surface area (Å²) < 4.78 is 0. The number of rotatable bonds is 3. The molecule has 0 fully saturated rings. The van der Waals surface area contributed by atoms with E-state index >= 15 is 0 Å². The maximum absolute atomic E-state index is 5.30. The van der Waals surface area contributed by atoms with Crippen LogP contribution in [0.2, 0.25) is 0 Å². The third-order valence-electron chi connectivity index (χ3n) is 1.43. The normalized spacial score (nSPS) is 13.6. The zero-order chi connectivity index (χ0) is 11.2. The Morgan fingerprint density at radius 3 is 2.14 bits per heavy atom. The molecule has 0 heterocycles. The second kappa shape index (κ2) is 6.06. The van der Waals surface area contributed by atoms with Crippen LogP contribution in [0.5, 0.6) is 0 Å². The maximum Gasteiger partial charge on any atom is 0.155 e. The van der Waals surface area contributed by atoms with Gasteiger partial charge >= 0.3 is 0 Å². The van der Waals surface area contributed by atoms with Crippen molar-refractivity contribution in [2.24, 2.45) is 5.92 Å². The average Bonchev–Trinajstić information content (AvgIpc) is 2.01. The fraction of sp³-hybridized carbons (Fsp3) is 0.833.